The van der Waals surface area contributed by atoms with E-state index in [9.17, 15) is 13.2 Å². The van der Waals surface area contributed by atoms with Crippen LogP contribution in [0, 0.1) is 0 Å². The number of rotatable bonds is 5. The number of likely N-dealkylation sites (tertiary alicyclic amines) is 1. The molecule has 116 valence electrons. The Bertz CT molecular complexity index is 753. The van der Waals surface area contributed by atoms with E-state index in [4.69, 9.17) is 8.83 Å². The van der Waals surface area contributed by atoms with Gasteiger partial charge < -0.3 is 13.7 Å². The SMILES string of the molecule is O=C(C=Cc1ccco1)N1CC(S(=O)(=O)Cc2ccco2)C1. The Morgan fingerprint density at radius 1 is 1.23 bits per heavy atom. The Labute approximate surface area is 127 Å². The quantitative estimate of drug-likeness (QED) is 0.783. The van der Waals surface area contributed by atoms with Crippen molar-refractivity contribution in [2.24, 2.45) is 0 Å². The summed E-state index contributed by atoms with van der Waals surface area (Å²) in [5.74, 6) is 0.647. The molecule has 3 rings (SSSR count). The average Bonchev–Trinajstić information content (AvgIpc) is 3.06. The molecule has 0 aromatic carbocycles. The maximum absolute atomic E-state index is 12.2. The van der Waals surface area contributed by atoms with E-state index in [1.807, 2.05) is 0 Å². The highest BCUT2D eigenvalue weighted by Gasteiger charge is 2.39. The Morgan fingerprint density at radius 2 is 1.95 bits per heavy atom. The zero-order chi connectivity index (χ0) is 15.6. The van der Waals surface area contributed by atoms with E-state index in [0.29, 0.717) is 11.5 Å². The van der Waals surface area contributed by atoms with Gasteiger partial charge in [0, 0.05) is 19.2 Å². The van der Waals surface area contributed by atoms with Gasteiger partial charge in [0.15, 0.2) is 9.84 Å². The maximum atomic E-state index is 12.2. The third-order valence-corrected chi connectivity index (χ3v) is 5.53. The molecule has 0 aliphatic carbocycles. The van der Waals surface area contributed by atoms with Gasteiger partial charge >= 0.3 is 0 Å². The first-order chi connectivity index (χ1) is 10.5. The number of furan rings is 2. The van der Waals surface area contributed by atoms with E-state index in [0.717, 1.165) is 0 Å². The number of sulfone groups is 1. The highest BCUT2D eigenvalue weighted by molar-refractivity contribution is 7.91. The molecule has 1 aliphatic rings. The van der Waals surface area contributed by atoms with Crippen LogP contribution in [0.25, 0.3) is 6.08 Å². The second kappa shape index (κ2) is 5.84. The van der Waals surface area contributed by atoms with Crippen molar-refractivity contribution in [1.82, 2.24) is 4.90 Å². The predicted octanol–water partition coefficient (Wildman–Crippen LogP) is 1.71. The van der Waals surface area contributed by atoms with Gasteiger partial charge in [-0.05, 0) is 30.3 Å². The van der Waals surface area contributed by atoms with E-state index >= 15 is 0 Å². The van der Waals surface area contributed by atoms with Gasteiger partial charge in [-0.15, -0.1) is 0 Å². The number of carbonyl (C=O) groups excluding carboxylic acids is 1. The predicted molar refractivity (Wildman–Crippen MR) is 79.4 cm³/mol. The summed E-state index contributed by atoms with van der Waals surface area (Å²) < 4.78 is 34.5. The molecule has 0 bridgehead atoms. The molecule has 1 aliphatic heterocycles. The van der Waals surface area contributed by atoms with Crippen molar-refractivity contribution in [3.63, 3.8) is 0 Å². The van der Waals surface area contributed by atoms with Crippen LogP contribution in [0.2, 0.25) is 0 Å². The molecule has 3 heterocycles. The molecule has 1 amide bonds. The van der Waals surface area contributed by atoms with Crippen molar-refractivity contribution in [1.29, 1.82) is 0 Å². The van der Waals surface area contributed by atoms with Crippen LogP contribution in [0.5, 0.6) is 0 Å². The molecule has 0 radical (unpaired) electrons. The number of amides is 1. The van der Waals surface area contributed by atoms with Crippen LogP contribution in [0.1, 0.15) is 11.5 Å². The number of carbonyl (C=O) groups is 1. The van der Waals surface area contributed by atoms with Gasteiger partial charge in [-0.2, -0.15) is 0 Å². The highest BCUT2D eigenvalue weighted by Crippen LogP contribution is 2.21. The molecule has 2 aromatic rings. The Hall–Kier alpha value is -2.28. The first-order valence-electron chi connectivity index (χ1n) is 6.79. The summed E-state index contributed by atoms with van der Waals surface area (Å²) in [4.78, 5) is 13.4. The van der Waals surface area contributed by atoms with Gasteiger partial charge in [-0.25, -0.2) is 8.42 Å². The molecule has 22 heavy (non-hydrogen) atoms. The summed E-state index contributed by atoms with van der Waals surface area (Å²) in [6, 6.07) is 6.74. The number of hydrogen-bond donors (Lipinski definition) is 0. The fourth-order valence-corrected chi connectivity index (χ4v) is 3.81. The normalized spacial score (nSPS) is 16.1. The van der Waals surface area contributed by atoms with E-state index < -0.39 is 15.1 Å². The Kier molecular flexibility index (Phi) is 3.89. The zero-order valence-electron chi connectivity index (χ0n) is 11.7. The Morgan fingerprint density at radius 3 is 2.59 bits per heavy atom. The summed E-state index contributed by atoms with van der Waals surface area (Å²) in [6.07, 6.45) is 5.91. The van der Waals surface area contributed by atoms with Gasteiger partial charge in [0.05, 0.1) is 17.8 Å². The van der Waals surface area contributed by atoms with Crippen LogP contribution in [0.15, 0.2) is 51.7 Å². The monoisotopic (exact) mass is 321 g/mol. The van der Waals surface area contributed by atoms with Gasteiger partial charge in [-0.3, -0.25) is 4.79 Å². The van der Waals surface area contributed by atoms with Crippen molar-refractivity contribution in [3.8, 4) is 0 Å². The standard InChI is InChI=1S/C15H15NO5S/c17-15(6-5-12-3-1-7-20-12)16-9-14(10-16)22(18,19)11-13-4-2-8-21-13/h1-8,14H,9-11H2. The summed E-state index contributed by atoms with van der Waals surface area (Å²) in [5.41, 5.74) is 0. The van der Waals surface area contributed by atoms with Crippen molar-refractivity contribution in [3.05, 3.63) is 54.4 Å². The number of nitrogens with zero attached hydrogens (tertiary/aromatic N) is 1. The van der Waals surface area contributed by atoms with Crippen molar-refractivity contribution >= 4 is 21.8 Å². The van der Waals surface area contributed by atoms with Gasteiger partial charge in [0.2, 0.25) is 5.91 Å². The highest BCUT2D eigenvalue weighted by atomic mass is 32.2. The molecule has 1 saturated heterocycles. The van der Waals surface area contributed by atoms with E-state index in [1.54, 1.807) is 30.3 Å². The molecule has 1 fully saturated rings. The largest absolute Gasteiger partial charge is 0.468 e. The second-order valence-electron chi connectivity index (χ2n) is 5.10. The Balaban J connectivity index is 1.54. The maximum Gasteiger partial charge on any atom is 0.246 e. The molecule has 0 atom stereocenters. The first kappa shape index (κ1) is 14.6. The van der Waals surface area contributed by atoms with E-state index in [-0.39, 0.29) is 24.7 Å². The smallest absolute Gasteiger partial charge is 0.246 e. The lowest BCUT2D eigenvalue weighted by Crippen LogP contribution is -2.56. The minimum absolute atomic E-state index is 0.130. The molecule has 7 heteroatoms. The summed E-state index contributed by atoms with van der Waals surface area (Å²) >= 11 is 0. The third kappa shape index (κ3) is 3.14. The second-order valence-corrected chi connectivity index (χ2v) is 7.38. The molecule has 0 N–H and O–H groups in total. The average molecular weight is 321 g/mol. The zero-order valence-corrected chi connectivity index (χ0v) is 12.5. The molecule has 0 saturated carbocycles. The van der Waals surface area contributed by atoms with Crippen molar-refractivity contribution in [2.45, 2.75) is 11.0 Å². The molecular weight excluding hydrogens is 306 g/mol. The van der Waals surface area contributed by atoms with Crippen LogP contribution in [0.3, 0.4) is 0 Å². The van der Waals surface area contributed by atoms with Gasteiger partial charge in [-0.1, -0.05) is 0 Å². The number of hydrogen-bond acceptors (Lipinski definition) is 5. The van der Waals surface area contributed by atoms with Crippen molar-refractivity contribution in [2.75, 3.05) is 13.1 Å². The van der Waals surface area contributed by atoms with Crippen molar-refractivity contribution < 1.29 is 22.0 Å². The van der Waals surface area contributed by atoms with Gasteiger partial charge in [0.1, 0.15) is 17.3 Å². The summed E-state index contributed by atoms with van der Waals surface area (Å²) in [5, 5.41) is -0.529. The summed E-state index contributed by atoms with van der Waals surface area (Å²) in [7, 11) is -3.30. The minimum Gasteiger partial charge on any atom is -0.468 e. The lowest BCUT2D eigenvalue weighted by Gasteiger charge is -2.37. The van der Waals surface area contributed by atoms with Crippen LogP contribution in [-0.4, -0.2) is 37.6 Å². The molecular formula is C15H15NO5S. The van der Waals surface area contributed by atoms with E-state index in [1.165, 1.54) is 23.5 Å². The van der Waals surface area contributed by atoms with Crippen LogP contribution in [-0.2, 0) is 20.4 Å². The fraction of sp³-hybridized carbons (Fsp3) is 0.267. The van der Waals surface area contributed by atoms with Crippen LogP contribution < -0.4 is 0 Å². The van der Waals surface area contributed by atoms with Crippen LogP contribution >= 0.6 is 0 Å². The molecule has 0 spiro atoms. The lowest BCUT2D eigenvalue weighted by atomic mass is 10.2. The van der Waals surface area contributed by atoms with Gasteiger partial charge in [0.25, 0.3) is 0 Å². The van der Waals surface area contributed by atoms with E-state index in [2.05, 4.69) is 0 Å². The molecule has 6 nitrogen and oxygen atoms in total. The molecule has 0 unspecified atom stereocenters. The lowest BCUT2D eigenvalue weighted by molar-refractivity contribution is -0.128. The fourth-order valence-electron chi connectivity index (χ4n) is 2.20. The topological polar surface area (TPSA) is 80.7 Å². The van der Waals surface area contributed by atoms with Crippen LogP contribution in [0.4, 0.5) is 0 Å². The summed E-state index contributed by atoms with van der Waals surface area (Å²) in [6.45, 7) is 0.425. The molecule has 2 aromatic heterocycles. The minimum atomic E-state index is -3.30. The third-order valence-electron chi connectivity index (χ3n) is 3.52. The first-order valence-corrected chi connectivity index (χ1v) is 8.50.